The minimum atomic E-state index is 0.395. The molecule has 0 heterocycles. The molecule has 0 aromatic carbocycles. The molecule has 0 spiro atoms. The van der Waals surface area contributed by atoms with Crippen LogP contribution in [-0.4, -0.2) is 66.1 Å². The van der Waals surface area contributed by atoms with Crippen LogP contribution in [0.5, 0.6) is 0 Å². The Morgan fingerprint density at radius 1 is 0.450 bits per heavy atom. The number of hydrogen-bond acceptors (Lipinski definition) is 6. The predicted molar refractivity (Wildman–Crippen MR) is 72.8 cm³/mol. The Hall–Kier alpha value is -1.44. The van der Waals surface area contributed by atoms with E-state index in [1.807, 2.05) is 0 Å². The van der Waals surface area contributed by atoms with E-state index in [0.717, 1.165) is 0 Å². The van der Waals surface area contributed by atoms with Gasteiger partial charge in [-0.1, -0.05) is 12.8 Å². The van der Waals surface area contributed by atoms with Gasteiger partial charge in [0.15, 0.2) is 0 Å². The molecule has 0 amide bonds. The first-order valence-electron chi connectivity index (χ1n) is 6.37. The van der Waals surface area contributed by atoms with Gasteiger partial charge in [0, 0.05) is 0 Å². The van der Waals surface area contributed by atoms with Crippen LogP contribution >= 0.6 is 0 Å². The summed E-state index contributed by atoms with van der Waals surface area (Å²) in [6.07, 6.45) is 13.9. The SMILES string of the molecule is C#COCCOCCOCCOCCOCCOC#C. The van der Waals surface area contributed by atoms with Crippen LogP contribution < -0.4 is 0 Å². The third-order valence-electron chi connectivity index (χ3n) is 1.94. The van der Waals surface area contributed by atoms with Crippen molar-refractivity contribution in [1.29, 1.82) is 0 Å². The Kier molecular flexibility index (Phi) is 16.3. The summed E-state index contributed by atoms with van der Waals surface area (Å²) in [5, 5.41) is 0. The van der Waals surface area contributed by atoms with E-state index in [1.165, 1.54) is 0 Å². The molecule has 0 saturated heterocycles. The number of hydrogen-bond donors (Lipinski definition) is 0. The number of terminal acetylenes is 2. The molecule has 0 rings (SSSR count). The summed E-state index contributed by atoms with van der Waals surface area (Å²) in [4.78, 5) is 0. The maximum Gasteiger partial charge on any atom is 0.123 e. The first kappa shape index (κ1) is 18.6. The lowest BCUT2D eigenvalue weighted by atomic mass is 10.7. The van der Waals surface area contributed by atoms with Gasteiger partial charge in [0.05, 0.1) is 52.9 Å². The molecule has 0 N–H and O–H groups in total. The minimum Gasteiger partial charge on any atom is -0.444 e. The molecule has 114 valence electrons. The van der Waals surface area contributed by atoms with Crippen molar-refractivity contribution in [3.05, 3.63) is 0 Å². The summed E-state index contributed by atoms with van der Waals surface area (Å²) in [5.74, 6) is 0. The second-order valence-corrected chi connectivity index (χ2v) is 3.38. The second-order valence-electron chi connectivity index (χ2n) is 3.38. The Bertz CT molecular complexity index is 240. The fourth-order valence-corrected chi connectivity index (χ4v) is 1.08. The van der Waals surface area contributed by atoms with E-state index in [1.54, 1.807) is 0 Å². The van der Waals surface area contributed by atoms with E-state index >= 15 is 0 Å². The first-order chi connectivity index (χ1) is 9.91. The Morgan fingerprint density at radius 2 is 0.700 bits per heavy atom. The molecule has 0 aliphatic heterocycles. The molecule has 0 aliphatic carbocycles. The normalized spacial score (nSPS) is 9.70. The molecular formula is C14H22O6. The van der Waals surface area contributed by atoms with Gasteiger partial charge in [0.1, 0.15) is 25.4 Å². The van der Waals surface area contributed by atoms with Crippen LogP contribution in [0.1, 0.15) is 0 Å². The van der Waals surface area contributed by atoms with Gasteiger partial charge in [-0.3, -0.25) is 0 Å². The molecule has 6 nitrogen and oxygen atoms in total. The second kappa shape index (κ2) is 17.6. The smallest absolute Gasteiger partial charge is 0.123 e. The highest BCUT2D eigenvalue weighted by Gasteiger charge is 1.93. The summed E-state index contributed by atoms with van der Waals surface area (Å²) in [6.45, 7) is 4.79. The monoisotopic (exact) mass is 286 g/mol. The molecule has 0 bridgehead atoms. The molecule has 0 fully saturated rings. The van der Waals surface area contributed by atoms with E-state index in [9.17, 15) is 0 Å². The molecule has 20 heavy (non-hydrogen) atoms. The highest BCUT2D eigenvalue weighted by atomic mass is 16.6. The van der Waals surface area contributed by atoms with Crippen LogP contribution in [0.25, 0.3) is 0 Å². The summed E-state index contributed by atoms with van der Waals surface area (Å²) in [5.41, 5.74) is 0. The third-order valence-corrected chi connectivity index (χ3v) is 1.94. The van der Waals surface area contributed by atoms with Gasteiger partial charge < -0.3 is 28.4 Å². The van der Waals surface area contributed by atoms with Gasteiger partial charge in [-0.15, -0.1) is 0 Å². The summed E-state index contributed by atoms with van der Waals surface area (Å²) >= 11 is 0. The van der Waals surface area contributed by atoms with Crippen molar-refractivity contribution in [2.75, 3.05) is 66.1 Å². The van der Waals surface area contributed by atoms with E-state index in [-0.39, 0.29) is 0 Å². The zero-order valence-electron chi connectivity index (χ0n) is 11.7. The van der Waals surface area contributed by atoms with Crippen molar-refractivity contribution in [3.63, 3.8) is 0 Å². The molecule has 0 radical (unpaired) electrons. The summed E-state index contributed by atoms with van der Waals surface area (Å²) in [6, 6.07) is 0. The maximum absolute atomic E-state index is 5.29. The molecular weight excluding hydrogens is 264 g/mol. The van der Waals surface area contributed by atoms with Crippen molar-refractivity contribution in [3.8, 4) is 25.1 Å². The van der Waals surface area contributed by atoms with Crippen molar-refractivity contribution in [2.24, 2.45) is 0 Å². The average Bonchev–Trinajstić information content (AvgIpc) is 2.47. The van der Waals surface area contributed by atoms with Gasteiger partial charge in [-0.2, -0.15) is 0 Å². The van der Waals surface area contributed by atoms with E-state index in [2.05, 4.69) is 21.7 Å². The van der Waals surface area contributed by atoms with E-state index in [0.29, 0.717) is 66.1 Å². The van der Waals surface area contributed by atoms with Crippen molar-refractivity contribution >= 4 is 0 Å². The quantitative estimate of drug-likeness (QED) is 0.318. The van der Waals surface area contributed by atoms with Gasteiger partial charge >= 0.3 is 0 Å². The standard InChI is InChI=1S/C14H22O6/c1-3-15-5-7-17-9-11-19-13-14-20-12-10-18-8-6-16-4-2/h1-2H,5-14H2. The lowest BCUT2D eigenvalue weighted by Crippen LogP contribution is -2.13. The molecule has 0 aliphatic rings. The van der Waals surface area contributed by atoms with Gasteiger partial charge in [-0.25, -0.2) is 0 Å². The fraction of sp³-hybridized carbons (Fsp3) is 0.714. The van der Waals surface area contributed by atoms with Gasteiger partial charge in [0.2, 0.25) is 0 Å². The Morgan fingerprint density at radius 3 is 0.950 bits per heavy atom. The van der Waals surface area contributed by atoms with Gasteiger partial charge in [0.25, 0.3) is 0 Å². The first-order valence-corrected chi connectivity index (χ1v) is 6.37. The molecule has 0 aromatic heterocycles. The lowest BCUT2D eigenvalue weighted by Gasteiger charge is -2.07. The number of ether oxygens (including phenoxy) is 6. The van der Waals surface area contributed by atoms with Crippen molar-refractivity contribution in [1.82, 2.24) is 0 Å². The molecule has 0 atom stereocenters. The maximum atomic E-state index is 5.29. The lowest BCUT2D eigenvalue weighted by molar-refractivity contribution is -0.00858. The summed E-state index contributed by atoms with van der Waals surface area (Å²) in [7, 11) is 0. The highest BCUT2D eigenvalue weighted by Crippen LogP contribution is 1.83. The largest absolute Gasteiger partial charge is 0.444 e. The van der Waals surface area contributed by atoms with Crippen LogP contribution in [0.2, 0.25) is 0 Å². The van der Waals surface area contributed by atoms with E-state index < -0.39 is 0 Å². The fourth-order valence-electron chi connectivity index (χ4n) is 1.08. The molecule has 0 unspecified atom stereocenters. The van der Waals surface area contributed by atoms with Crippen LogP contribution in [0, 0.1) is 25.1 Å². The van der Waals surface area contributed by atoms with Gasteiger partial charge in [-0.05, 0) is 0 Å². The van der Waals surface area contributed by atoms with Crippen LogP contribution in [-0.2, 0) is 28.4 Å². The van der Waals surface area contributed by atoms with Crippen LogP contribution in [0.15, 0.2) is 0 Å². The molecule has 0 aromatic rings. The van der Waals surface area contributed by atoms with Crippen molar-refractivity contribution < 1.29 is 28.4 Å². The van der Waals surface area contributed by atoms with Crippen LogP contribution in [0.3, 0.4) is 0 Å². The Labute approximate surface area is 120 Å². The molecule has 6 heteroatoms. The highest BCUT2D eigenvalue weighted by molar-refractivity contribution is 4.68. The molecule has 0 saturated carbocycles. The van der Waals surface area contributed by atoms with Crippen molar-refractivity contribution in [2.45, 2.75) is 0 Å². The third kappa shape index (κ3) is 16.6. The Balaban J connectivity index is 2.93. The zero-order valence-corrected chi connectivity index (χ0v) is 11.7. The zero-order chi connectivity index (χ0) is 14.7. The summed E-state index contributed by atoms with van der Waals surface area (Å²) < 4.78 is 30.3. The average molecular weight is 286 g/mol. The minimum absolute atomic E-state index is 0.395. The van der Waals surface area contributed by atoms with E-state index in [4.69, 9.17) is 31.8 Å². The van der Waals surface area contributed by atoms with Crippen LogP contribution in [0.4, 0.5) is 0 Å². The topological polar surface area (TPSA) is 55.4 Å². The number of rotatable bonds is 15. The predicted octanol–water partition coefficient (Wildman–Crippen LogP) is 0.267.